The molecule has 0 aliphatic carbocycles. The van der Waals surface area contributed by atoms with E-state index >= 15 is 0 Å². The van der Waals surface area contributed by atoms with Gasteiger partial charge in [0.1, 0.15) is 6.54 Å². The van der Waals surface area contributed by atoms with Crippen molar-refractivity contribution < 1.29 is 17.8 Å². The number of hydrogen-bond donors (Lipinski definition) is 0. The van der Waals surface area contributed by atoms with Crippen LogP contribution in [0.1, 0.15) is 25.5 Å². The number of aromatic nitrogens is 1. The van der Waals surface area contributed by atoms with Gasteiger partial charge in [-0.25, -0.2) is 4.57 Å². The minimum Gasteiger partial charge on any atom is -0.377 e. The Balaban J connectivity index is 2.57. The molecular formula is C14H26NO3Si+. The number of pyridine rings is 1. The average molecular weight is 284 g/mol. The maximum Gasteiger partial charge on any atom is 0.500 e. The van der Waals surface area contributed by atoms with Crippen LogP contribution >= 0.6 is 0 Å². The molecule has 0 aliphatic rings. The van der Waals surface area contributed by atoms with E-state index in [9.17, 15) is 0 Å². The van der Waals surface area contributed by atoms with E-state index in [2.05, 4.69) is 35.9 Å². The summed E-state index contributed by atoms with van der Waals surface area (Å²) in [5, 5.41) is 0. The molecule has 108 valence electrons. The second-order valence-corrected chi connectivity index (χ2v) is 7.63. The van der Waals surface area contributed by atoms with Gasteiger partial charge in [0.05, 0.1) is 0 Å². The van der Waals surface area contributed by atoms with Crippen molar-refractivity contribution >= 4 is 8.80 Å². The monoisotopic (exact) mass is 284 g/mol. The van der Waals surface area contributed by atoms with Gasteiger partial charge in [-0.1, -0.05) is 13.0 Å². The zero-order chi connectivity index (χ0) is 14.1. The molecule has 1 aromatic rings. The highest BCUT2D eigenvalue weighted by atomic mass is 28.4. The van der Waals surface area contributed by atoms with E-state index in [4.69, 9.17) is 13.3 Å². The van der Waals surface area contributed by atoms with Crippen molar-refractivity contribution in [2.75, 3.05) is 21.3 Å². The molecular weight excluding hydrogens is 258 g/mol. The van der Waals surface area contributed by atoms with Gasteiger partial charge in [-0.05, 0) is 6.42 Å². The first-order chi connectivity index (χ1) is 9.21. The van der Waals surface area contributed by atoms with Crippen molar-refractivity contribution in [3.8, 4) is 0 Å². The van der Waals surface area contributed by atoms with Crippen LogP contribution in [0.4, 0.5) is 0 Å². The van der Waals surface area contributed by atoms with Gasteiger partial charge < -0.3 is 13.3 Å². The number of aryl methyl sites for hydroxylation is 2. The molecule has 5 heteroatoms. The lowest BCUT2D eigenvalue weighted by molar-refractivity contribution is -0.704. The summed E-state index contributed by atoms with van der Waals surface area (Å²) in [4.78, 5) is 0. The van der Waals surface area contributed by atoms with Crippen molar-refractivity contribution in [3.63, 3.8) is 0 Å². The highest BCUT2D eigenvalue weighted by molar-refractivity contribution is 6.60. The summed E-state index contributed by atoms with van der Waals surface area (Å²) in [7, 11) is 2.57. The fourth-order valence-corrected chi connectivity index (χ4v) is 3.94. The Morgan fingerprint density at radius 1 is 1.11 bits per heavy atom. The molecule has 1 aromatic heterocycles. The summed E-state index contributed by atoms with van der Waals surface area (Å²) in [5.74, 6) is 0. The second kappa shape index (κ2) is 8.42. The Morgan fingerprint density at radius 3 is 2.37 bits per heavy atom. The predicted octanol–water partition coefficient (Wildman–Crippen LogP) is 2.19. The molecule has 4 nitrogen and oxygen atoms in total. The topological polar surface area (TPSA) is 31.6 Å². The third kappa shape index (κ3) is 4.69. The Hall–Kier alpha value is -0.753. The molecule has 0 saturated carbocycles. The van der Waals surface area contributed by atoms with Crippen molar-refractivity contribution in [2.24, 2.45) is 0 Å². The smallest absolute Gasteiger partial charge is 0.377 e. The van der Waals surface area contributed by atoms with Gasteiger partial charge in [-0.3, -0.25) is 0 Å². The number of nitrogens with zero attached hydrogens (tertiary/aromatic N) is 1. The molecule has 0 aliphatic heterocycles. The van der Waals surface area contributed by atoms with Gasteiger partial charge in [0.15, 0.2) is 11.9 Å². The lowest BCUT2D eigenvalue weighted by Gasteiger charge is -2.23. The van der Waals surface area contributed by atoms with Gasteiger partial charge in [0.2, 0.25) is 0 Å². The molecule has 0 amide bonds. The van der Waals surface area contributed by atoms with Crippen molar-refractivity contribution in [1.29, 1.82) is 0 Å². The largest absolute Gasteiger partial charge is 0.500 e. The third-order valence-corrected chi connectivity index (χ3v) is 6.19. The van der Waals surface area contributed by atoms with Crippen molar-refractivity contribution in [3.05, 3.63) is 30.1 Å². The SMILES string of the molecule is CCCc1cccc[n+]1CCC[Si](OC)(OC)OC. The molecule has 0 saturated heterocycles. The molecule has 19 heavy (non-hydrogen) atoms. The molecule has 0 spiro atoms. The zero-order valence-corrected chi connectivity index (χ0v) is 13.5. The lowest BCUT2D eigenvalue weighted by atomic mass is 10.2. The van der Waals surface area contributed by atoms with Crippen LogP contribution in [0, 0.1) is 0 Å². The van der Waals surface area contributed by atoms with Gasteiger partial charge in [0.25, 0.3) is 0 Å². The third-order valence-electron chi connectivity index (χ3n) is 3.36. The van der Waals surface area contributed by atoms with E-state index < -0.39 is 8.80 Å². The molecule has 0 radical (unpaired) electrons. The van der Waals surface area contributed by atoms with Gasteiger partial charge in [0, 0.05) is 52.3 Å². The summed E-state index contributed by atoms with van der Waals surface area (Å²) in [6, 6.07) is 7.20. The highest BCUT2D eigenvalue weighted by Gasteiger charge is 2.37. The quantitative estimate of drug-likeness (QED) is 0.514. The summed E-state index contributed by atoms with van der Waals surface area (Å²) in [6.07, 6.45) is 5.41. The Morgan fingerprint density at radius 2 is 1.79 bits per heavy atom. The van der Waals surface area contributed by atoms with E-state index in [1.54, 1.807) is 21.3 Å². The van der Waals surface area contributed by atoms with E-state index in [1.807, 2.05) is 0 Å². The highest BCUT2D eigenvalue weighted by Crippen LogP contribution is 2.14. The summed E-state index contributed by atoms with van der Waals surface area (Å²) in [6.45, 7) is 3.18. The first kappa shape index (κ1) is 16.3. The lowest BCUT2D eigenvalue weighted by Crippen LogP contribution is -2.44. The van der Waals surface area contributed by atoms with E-state index in [0.717, 1.165) is 31.9 Å². The van der Waals surface area contributed by atoms with Gasteiger partial charge >= 0.3 is 8.80 Å². The fourth-order valence-electron chi connectivity index (χ4n) is 2.24. The zero-order valence-electron chi connectivity index (χ0n) is 12.5. The molecule has 0 N–H and O–H groups in total. The van der Waals surface area contributed by atoms with E-state index in [-0.39, 0.29) is 0 Å². The maximum absolute atomic E-state index is 5.44. The van der Waals surface area contributed by atoms with Crippen LogP contribution < -0.4 is 4.57 Å². The molecule has 0 unspecified atom stereocenters. The summed E-state index contributed by atoms with van der Waals surface area (Å²) >= 11 is 0. The molecule has 1 rings (SSSR count). The van der Waals surface area contributed by atoms with Crippen molar-refractivity contribution in [2.45, 2.75) is 38.8 Å². The van der Waals surface area contributed by atoms with Crippen LogP contribution in [-0.4, -0.2) is 30.1 Å². The first-order valence-electron chi connectivity index (χ1n) is 6.84. The van der Waals surface area contributed by atoms with Crippen LogP contribution in [0.15, 0.2) is 24.4 Å². The second-order valence-electron chi connectivity index (χ2n) is 4.53. The minimum absolute atomic E-state index is 0.837. The van der Waals surface area contributed by atoms with Crippen LogP contribution in [0.2, 0.25) is 6.04 Å². The first-order valence-corrected chi connectivity index (χ1v) is 8.77. The van der Waals surface area contributed by atoms with Crippen LogP contribution in [0.5, 0.6) is 0 Å². The number of hydrogen-bond acceptors (Lipinski definition) is 3. The minimum atomic E-state index is -2.42. The van der Waals surface area contributed by atoms with Crippen LogP contribution in [-0.2, 0) is 26.2 Å². The molecule has 0 atom stereocenters. The Kier molecular flexibility index (Phi) is 7.23. The summed E-state index contributed by atoms with van der Waals surface area (Å²) in [5.41, 5.74) is 1.38. The standard InChI is InChI=1S/C14H26NO3Si/c1-5-9-14-10-6-7-11-15(14)12-8-13-19(16-2,17-3)18-4/h6-7,10-11H,5,8-9,12-13H2,1-4H3/q+1. The van der Waals surface area contributed by atoms with Gasteiger partial charge in [-0.2, -0.15) is 0 Å². The van der Waals surface area contributed by atoms with E-state index in [1.165, 1.54) is 5.69 Å². The fraction of sp³-hybridized carbons (Fsp3) is 0.643. The normalized spacial score (nSPS) is 11.8. The molecule has 0 fully saturated rings. The van der Waals surface area contributed by atoms with Crippen LogP contribution in [0.25, 0.3) is 0 Å². The average Bonchev–Trinajstić information content (AvgIpc) is 2.46. The van der Waals surface area contributed by atoms with Gasteiger partial charge in [-0.15, -0.1) is 0 Å². The van der Waals surface area contributed by atoms with Crippen molar-refractivity contribution in [1.82, 2.24) is 0 Å². The predicted molar refractivity (Wildman–Crippen MR) is 76.8 cm³/mol. The summed E-state index contributed by atoms with van der Waals surface area (Å²) < 4.78 is 18.6. The van der Waals surface area contributed by atoms with Crippen LogP contribution in [0.3, 0.4) is 0 Å². The molecule has 0 bridgehead atoms. The number of rotatable bonds is 9. The maximum atomic E-state index is 5.44. The van der Waals surface area contributed by atoms with E-state index in [0.29, 0.717) is 0 Å². The molecule has 0 aromatic carbocycles. The Bertz CT molecular complexity index is 361. The Labute approximate surface area is 117 Å². The molecule has 1 heterocycles.